The molecule has 0 heterocycles. The van der Waals surface area contributed by atoms with Crippen molar-refractivity contribution in [1.82, 2.24) is 0 Å². The summed E-state index contributed by atoms with van der Waals surface area (Å²) in [6.45, 7) is 0. The van der Waals surface area contributed by atoms with Gasteiger partial charge in [0.2, 0.25) is 0 Å². The van der Waals surface area contributed by atoms with Crippen LogP contribution in [0.5, 0.6) is 0 Å². The maximum absolute atomic E-state index is 10.1. The molecule has 0 atom stereocenters. The number of hydrogen-bond acceptors (Lipinski definition) is 8. The summed E-state index contributed by atoms with van der Waals surface area (Å²) < 4.78 is 0. The number of carbonyl (C=O) groups excluding carboxylic acids is 4. The molecule has 0 bridgehead atoms. The Morgan fingerprint density at radius 1 is 0.316 bits per heavy atom. The van der Waals surface area contributed by atoms with E-state index in [1.807, 2.05) is 0 Å². The monoisotopic (exact) mass is 664 g/mol. The van der Waals surface area contributed by atoms with Gasteiger partial charge in [-0.25, -0.2) is 0 Å². The van der Waals surface area contributed by atoms with Crippen LogP contribution in [-0.2, 0) is 52.4 Å². The summed E-state index contributed by atoms with van der Waals surface area (Å²) >= 11 is 0. The number of carboxylic acid groups (broad SMARTS) is 4. The van der Waals surface area contributed by atoms with Crippen molar-refractivity contribution < 1.29 is 92.0 Å². The topological polar surface area (TPSA) is 161 Å². The Hall–Kier alpha value is -3.47. The molecule has 0 aromatic heterocycles. The van der Waals surface area contributed by atoms with E-state index in [4.69, 9.17) is 0 Å². The maximum Gasteiger partial charge on any atom is 2.00 e. The van der Waals surface area contributed by atoms with E-state index in [2.05, 4.69) is 0 Å². The zero-order valence-corrected chi connectivity index (χ0v) is 24.7. The zero-order chi connectivity index (χ0) is 26.8. The summed E-state index contributed by atoms with van der Waals surface area (Å²) in [5.74, 6) is -4.52. The van der Waals surface area contributed by atoms with Crippen LogP contribution in [0.15, 0.2) is 121 Å². The first-order chi connectivity index (χ1) is 17.2. The first-order valence-corrected chi connectivity index (χ1v) is 10.3. The van der Waals surface area contributed by atoms with E-state index in [0.717, 1.165) is 0 Å². The smallest absolute Gasteiger partial charge is 0.545 e. The van der Waals surface area contributed by atoms with Gasteiger partial charge in [-0.3, -0.25) is 0 Å². The van der Waals surface area contributed by atoms with Gasteiger partial charge in [0.05, 0.1) is 23.9 Å². The molecule has 0 aliphatic rings. The number of carboxylic acids is 4. The van der Waals surface area contributed by atoms with E-state index in [-0.39, 0.29) is 74.7 Å². The van der Waals surface area contributed by atoms with Crippen LogP contribution in [0.1, 0.15) is 41.4 Å². The van der Waals surface area contributed by atoms with E-state index >= 15 is 0 Å². The molecule has 0 unspecified atom stereocenters. The molecule has 0 saturated heterocycles. The van der Waals surface area contributed by atoms with Crippen LogP contribution in [0, 0.1) is 0 Å². The Labute approximate surface area is 257 Å². The molecule has 0 radical (unpaired) electrons. The summed E-state index contributed by atoms with van der Waals surface area (Å²) in [6.07, 6.45) is 0. The molecule has 4 aromatic carbocycles. The van der Waals surface area contributed by atoms with Crippen LogP contribution in [-0.4, -0.2) is 23.9 Å². The number of carbonyl (C=O) groups is 4. The fourth-order valence-electron chi connectivity index (χ4n) is 2.30. The predicted octanol–water partition coefficient (Wildman–Crippen LogP) is 0.195. The van der Waals surface area contributed by atoms with Gasteiger partial charge in [-0.2, -0.15) is 0 Å². The molecule has 0 aliphatic heterocycles. The minimum absolute atomic E-state index is 0. The van der Waals surface area contributed by atoms with Gasteiger partial charge in [0.1, 0.15) is 0 Å². The van der Waals surface area contributed by atoms with Crippen LogP contribution in [0.3, 0.4) is 0 Å². The number of hydrogen-bond donors (Lipinski definition) is 0. The Bertz CT molecular complexity index is 1020. The molecule has 38 heavy (non-hydrogen) atoms. The Morgan fingerprint density at radius 2 is 0.447 bits per heavy atom. The van der Waals surface area contributed by atoms with Crippen molar-refractivity contribution in [1.29, 1.82) is 0 Å². The first-order valence-electron chi connectivity index (χ1n) is 10.3. The first kappa shape index (κ1) is 36.7. The fraction of sp³-hybridized carbons (Fsp3) is 0. The minimum Gasteiger partial charge on any atom is -0.545 e. The van der Waals surface area contributed by atoms with Gasteiger partial charge < -0.3 is 39.6 Å². The van der Waals surface area contributed by atoms with Crippen LogP contribution < -0.4 is 20.4 Å². The van der Waals surface area contributed by atoms with E-state index < -0.39 is 23.9 Å². The third-order valence-corrected chi connectivity index (χ3v) is 4.04. The van der Waals surface area contributed by atoms with Crippen LogP contribution in [0.4, 0.5) is 0 Å². The van der Waals surface area contributed by atoms with Gasteiger partial charge in [-0.15, -0.1) is 0 Å². The second-order valence-corrected chi connectivity index (χ2v) is 6.61. The molecule has 0 N–H and O–H groups in total. The van der Waals surface area contributed by atoms with Gasteiger partial charge >= 0.3 is 52.4 Å². The molecular formula is C28H20O8Zr2. The van der Waals surface area contributed by atoms with Gasteiger partial charge in [-0.1, -0.05) is 121 Å². The van der Waals surface area contributed by atoms with E-state index in [1.54, 1.807) is 72.8 Å². The SMILES string of the molecule is O=C([O-])c1ccccc1.O=C([O-])c1ccccc1.O=C([O-])c1ccccc1.O=C([O-])c1ccccc1.[Zr+2].[Zr+2]. The summed E-state index contributed by atoms with van der Waals surface area (Å²) in [4.78, 5) is 40.4. The molecule has 0 amide bonds. The third-order valence-electron chi connectivity index (χ3n) is 4.04. The standard InChI is InChI=1S/4C7H6O2.2Zr/c4*8-7(9)6-4-2-1-3-5-6;;/h4*1-5H,(H,8,9);;/q;;;;2*+2/p-4. The Balaban J connectivity index is 0. The molecule has 4 aromatic rings. The molecule has 8 nitrogen and oxygen atoms in total. The largest absolute Gasteiger partial charge is 2.00 e. The van der Waals surface area contributed by atoms with Crippen molar-refractivity contribution in [3.05, 3.63) is 144 Å². The zero-order valence-electron chi connectivity index (χ0n) is 19.8. The van der Waals surface area contributed by atoms with Crippen molar-refractivity contribution in [3.8, 4) is 0 Å². The van der Waals surface area contributed by atoms with Gasteiger partial charge in [0.15, 0.2) is 0 Å². The maximum atomic E-state index is 10.1. The van der Waals surface area contributed by atoms with Crippen LogP contribution in [0.25, 0.3) is 0 Å². The summed E-state index contributed by atoms with van der Waals surface area (Å²) in [7, 11) is 0. The average Bonchev–Trinajstić information content (AvgIpc) is 2.92. The normalized spacial score (nSPS) is 8.42. The summed E-state index contributed by atoms with van der Waals surface area (Å²) in [6, 6.07) is 32.3. The predicted molar refractivity (Wildman–Crippen MR) is 123 cm³/mol. The van der Waals surface area contributed by atoms with Crippen molar-refractivity contribution >= 4 is 23.9 Å². The van der Waals surface area contributed by atoms with Crippen molar-refractivity contribution in [2.24, 2.45) is 0 Å². The van der Waals surface area contributed by atoms with E-state index in [0.29, 0.717) is 0 Å². The third kappa shape index (κ3) is 16.3. The molecule has 188 valence electrons. The minimum atomic E-state index is -1.13. The molecule has 4 rings (SSSR count). The Kier molecular flexibility index (Phi) is 20.8. The molecule has 0 fully saturated rings. The van der Waals surface area contributed by atoms with Crippen molar-refractivity contribution in [2.45, 2.75) is 0 Å². The quantitative estimate of drug-likeness (QED) is 0.299. The van der Waals surface area contributed by atoms with Crippen LogP contribution in [0.2, 0.25) is 0 Å². The molecule has 0 aliphatic carbocycles. The fourth-order valence-corrected chi connectivity index (χ4v) is 2.30. The van der Waals surface area contributed by atoms with E-state index in [9.17, 15) is 39.6 Å². The van der Waals surface area contributed by atoms with Gasteiger partial charge in [0.25, 0.3) is 0 Å². The number of benzene rings is 4. The number of aromatic carboxylic acids is 4. The average molecular weight is 667 g/mol. The molecular weight excluding hydrogens is 647 g/mol. The molecule has 0 saturated carbocycles. The van der Waals surface area contributed by atoms with Gasteiger partial charge in [0, 0.05) is 0 Å². The number of rotatable bonds is 4. The van der Waals surface area contributed by atoms with Crippen molar-refractivity contribution in [3.63, 3.8) is 0 Å². The van der Waals surface area contributed by atoms with Crippen LogP contribution >= 0.6 is 0 Å². The Morgan fingerprint density at radius 3 is 0.526 bits per heavy atom. The second kappa shape index (κ2) is 21.6. The second-order valence-electron chi connectivity index (χ2n) is 6.61. The molecule has 10 heteroatoms. The molecule has 0 spiro atoms. The van der Waals surface area contributed by atoms with E-state index in [1.165, 1.54) is 48.5 Å². The summed E-state index contributed by atoms with van der Waals surface area (Å²) in [5.41, 5.74) is 0.880. The van der Waals surface area contributed by atoms with Gasteiger partial charge in [-0.05, 0) is 22.3 Å². The summed E-state index contributed by atoms with van der Waals surface area (Å²) in [5, 5.41) is 40.4. The van der Waals surface area contributed by atoms with Crippen molar-refractivity contribution in [2.75, 3.05) is 0 Å².